The Kier molecular flexibility index (Phi) is 3.79. The van der Waals surface area contributed by atoms with Gasteiger partial charge in [0, 0.05) is 41.4 Å². The fraction of sp³-hybridized carbons (Fsp3) is 0.0769. The van der Waals surface area contributed by atoms with Gasteiger partial charge in [-0.05, 0) is 29.8 Å². The van der Waals surface area contributed by atoms with Gasteiger partial charge in [-0.15, -0.1) is 0 Å². The summed E-state index contributed by atoms with van der Waals surface area (Å²) in [6, 6.07) is 7.27. The number of halogens is 1. The van der Waals surface area contributed by atoms with Crippen LogP contribution in [-0.2, 0) is 6.54 Å². The maximum atomic E-state index is 7.20. The zero-order valence-electron chi connectivity index (χ0n) is 9.65. The molecule has 0 atom stereocenters. The minimum Gasteiger partial charge on any atom is -0.398 e. The third-order valence-corrected chi connectivity index (χ3v) is 2.90. The number of rotatable bonds is 4. The molecule has 1 heterocycles. The Bertz CT molecular complexity index is 554. The Morgan fingerprint density at radius 2 is 2.28 bits per heavy atom. The summed E-state index contributed by atoms with van der Waals surface area (Å²) < 4.78 is 0. The van der Waals surface area contributed by atoms with Crippen LogP contribution in [0.3, 0.4) is 0 Å². The summed E-state index contributed by atoms with van der Waals surface area (Å²) >= 11 is 6.13. The smallest absolute Gasteiger partial charge is 0.0529 e. The van der Waals surface area contributed by atoms with Crippen molar-refractivity contribution in [2.45, 2.75) is 6.54 Å². The van der Waals surface area contributed by atoms with Crippen LogP contribution in [0.5, 0.6) is 0 Å². The molecule has 0 aliphatic carbocycles. The molecule has 1 aromatic carbocycles. The van der Waals surface area contributed by atoms with Crippen LogP contribution in [0.1, 0.15) is 11.1 Å². The van der Waals surface area contributed by atoms with E-state index in [1.165, 1.54) is 6.21 Å². The highest BCUT2D eigenvalue weighted by Crippen LogP contribution is 2.23. The zero-order valence-corrected chi connectivity index (χ0v) is 10.4. The fourth-order valence-electron chi connectivity index (χ4n) is 1.58. The molecule has 0 amide bonds. The van der Waals surface area contributed by atoms with Gasteiger partial charge in [0.2, 0.25) is 0 Å². The highest BCUT2D eigenvalue weighted by Gasteiger charge is 2.05. The van der Waals surface area contributed by atoms with Crippen molar-refractivity contribution in [1.29, 1.82) is 5.41 Å². The predicted molar refractivity (Wildman–Crippen MR) is 75.3 cm³/mol. The summed E-state index contributed by atoms with van der Waals surface area (Å²) in [4.78, 5) is 4.01. The zero-order chi connectivity index (χ0) is 13.0. The number of hydrogen-bond acceptors (Lipinski definition) is 4. The Balaban J connectivity index is 2.15. The molecule has 0 aliphatic heterocycles. The number of nitrogens with zero attached hydrogens (tertiary/aromatic N) is 1. The molecule has 0 fully saturated rings. The standard InChI is InChI=1S/C13H13ClN4/c14-12-4-9(6-15)13(16)5-10(12)7-18-11-2-1-3-17-8-11/h1-6,8,15,18H,7,16H2. The lowest BCUT2D eigenvalue weighted by atomic mass is 10.1. The van der Waals surface area contributed by atoms with Crippen LogP contribution in [0.2, 0.25) is 5.02 Å². The van der Waals surface area contributed by atoms with Crippen LogP contribution >= 0.6 is 11.6 Å². The van der Waals surface area contributed by atoms with Gasteiger partial charge in [-0.3, -0.25) is 4.98 Å². The number of hydrogen-bond donors (Lipinski definition) is 3. The van der Waals surface area contributed by atoms with Crippen molar-refractivity contribution >= 4 is 29.2 Å². The fourth-order valence-corrected chi connectivity index (χ4v) is 1.82. The van der Waals surface area contributed by atoms with Crippen molar-refractivity contribution in [3.8, 4) is 0 Å². The van der Waals surface area contributed by atoms with E-state index in [0.717, 1.165) is 11.3 Å². The van der Waals surface area contributed by atoms with E-state index in [0.29, 0.717) is 22.8 Å². The van der Waals surface area contributed by atoms with Gasteiger partial charge in [0.25, 0.3) is 0 Å². The van der Waals surface area contributed by atoms with E-state index < -0.39 is 0 Å². The van der Waals surface area contributed by atoms with Crippen molar-refractivity contribution in [1.82, 2.24) is 4.98 Å². The molecule has 1 aromatic heterocycles. The molecule has 0 aliphatic rings. The molecule has 2 rings (SSSR count). The second-order valence-corrected chi connectivity index (χ2v) is 4.22. The van der Waals surface area contributed by atoms with Crippen molar-refractivity contribution < 1.29 is 0 Å². The molecule has 92 valence electrons. The third kappa shape index (κ3) is 2.78. The van der Waals surface area contributed by atoms with Crippen LogP contribution < -0.4 is 11.1 Å². The van der Waals surface area contributed by atoms with Gasteiger partial charge in [0.05, 0.1) is 5.69 Å². The second-order valence-electron chi connectivity index (χ2n) is 3.81. The molecule has 0 unspecified atom stereocenters. The van der Waals surface area contributed by atoms with Crippen LogP contribution in [0.25, 0.3) is 0 Å². The summed E-state index contributed by atoms with van der Waals surface area (Å²) in [7, 11) is 0. The van der Waals surface area contributed by atoms with Gasteiger partial charge in [-0.1, -0.05) is 11.6 Å². The maximum absolute atomic E-state index is 7.20. The first kappa shape index (κ1) is 12.4. The first-order valence-corrected chi connectivity index (χ1v) is 5.81. The lowest BCUT2D eigenvalue weighted by Gasteiger charge is -2.10. The van der Waals surface area contributed by atoms with Gasteiger partial charge in [-0.25, -0.2) is 0 Å². The molecule has 0 radical (unpaired) electrons. The summed E-state index contributed by atoms with van der Waals surface area (Å²) in [6.45, 7) is 0.563. The first-order chi connectivity index (χ1) is 8.70. The third-order valence-electron chi connectivity index (χ3n) is 2.55. The summed E-state index contributed by atoms with van der Waals surface area (Å²) in [6.07, 6.45) is 4.65. The molecule has 5 heteroatoms. The molecule has 4 nitrogen and oxygen atoms in total. The Morgan fingerprint density at radius 3 is 2.94 bits per heavy atom. The van der Waals surface area contributed by atoms with E-state index in [4.69, 9.17) is 22.7 Å². The Labute approximate surface area is 110 Å². The minimum absolute atomic E-state index is 0.553. The summed E-state index contributed by atoms with van der Waals surface area (Å²) in [5, 5.41) is 11.0. The average Bonchev–Trinajstić information content (AvgIpc) is 2.40. The van der Waals surface area contributed by atoms with Crippen molar-refractivity contribution in [3.63, 3.8) is 0 Å². The summed E-state index contributed by atoms with van der Waals surface area (Å²) in [5.74, 6) is 0. The molecule has 0 bridgehead atoms. The highest BCUT2D eigenvalue weighted by atomic mass is 35.5. The maximum Gasteiger partial charge on any atom is 0.0529 e. The normalized spacial score (nSPS) is 10.1. The van der Waals surface area contributed by atoms with Crippen LogP contribution in [0, 0.1) is 5.41 Å². The molecular weight excluding hydrogens is 248 g/mol. The molecule has 4 N–H and O–H groups in total. The molecule has 0 spiro atoms. The van der Waals surface area contributed by atoms with Crippen molar-refractivity contribution in [2.24, 2.45) is 0 Å². The van der Waals surface area contributed by atoms with Gasteiger partial charge in [0.1, 0.15) is 0 Å². The second kappa shape index (κ2) is 5.51. The molecule has 18 heavy (non-hydrogen) atoms. The predicted octanol–water partition coefficient (Wildman–Crippen LogP) is 2.93. The van der Waals surface area contributed by atoms with E-state index in [2.05, 4.69) is 10.3 Å². The Hall–Kier alpha value is -2.07. The number of nitrogen functional groups attached to an aromatic ring is 1. The summed E-state index contributed by atoms with van der Waals surface area (Å²) in [5.41, 5.74) is 8.81. The van der Waals surface area contributed by atoms with E-state index >= 15 is 0 Å². The monoisotopic (exact) mass is 260 g/mol. The lowest BCUT2D eigenvalue weighted by molar-refractivity contribution is 1.14. The number of anilines is 2. The number of benzene rings is 1. The van der Waals surface area contributed by atoms with Gasteiger partial charge in [0.15, 0.2) is 0 Å². The van der Waals surface area contributed by atoms with E-state index in [1.54, 1.807) is 24.5 Å². The van der Waals surface area contributed by atoms with E-state index in [9.17, 15) is 0 Å². The Morgan fingerprint density at radius 1 is 1.44 bits per heavy atom. The number of pyridine rings is 1. The van der Waals surface area contributed by atoms with Crippen LogP contribution in [-0.4, -0.2) is 11.2 Å². The van der Waals surface area contributed by atoms with Crippen molar-refractivity contribution in [2.75, 3.05) is 11.1 Å². The topological polar surface area (TPSA) is 74.8 Å². The van der Waals surface area contributed by atoms with Crippen molar-refractivity contribution in [3.05, 3.63) is 52.8 Å². The molecule has 2 aromatic rings. The van der Waals surface area contributed by atoms with E-state index in [1.807, 2.05) is 12.1 Å². The molecule has 0 saturated carbocycles. The first-order valence-electron chi connectivity index (χ1n) is 5.43. The SMILES string of the molecule is N=Cc1cc(Cl)c(CNc2cccnc2)cc1N. The van der Waals surface area contributed by atoms with Gasteiger partial charge < -0.3 is 16.5 Å². The minimum atomic E-state index is 0.553. The number of nitrogens with two attached hydrogens (primary N) is 1. The van der Waals surface area contributed by atoms with E-state index in [-0.39, 0.29) is 0 Å². The average molecular weight is 261 g/mol. The van der Waals surface area contributed by atoms with Gasteiger partial charge in [-0.2, -0.15) is 0 Å². The van der Waals surface area contributed by atoms with Crippen LogP contribution in [0.15, 0.2) is 36.7 Å². The quantitative estimate of drug-likeness (QED) is 0.584. The molecule has 0 saturated heterocycles. The number of aromatic nitrogens is 1. The highest BCUT2D eigenvalue weighted by molar-refractivity contribution is 6.31. The molecular formula is C13H13ClN4. The largest absolute Gasteiger partial charge is 0.398 e. The van der Waals surface area contributed by atoms with Crippen LogP contribution in [0.4, 0.5) is 11.4 Å². The van der Waals surface area contributed by atoms with Gasteiger partial charge >= 0.3 is 0 Å². The number of nitrogens with one attached hydrogen (secondary N) is 2. The lowest BCUT2D eigenvalue weighted by Crippen LogP contribution is -2.03.